The van der Waals surface area contributed by atoms with E-state index in [4.69, 9.17) is 0 Å². The Bertz CT molecular complexity index is 633. The standard InChI is InChI=1S/C17H25N3O2S/c21-16-7-14-11-23-6-3-15(14)18-20(16)10-13-8-19(9-13)12-17(22)4-1-2-5-17/h7,13,22H,1-6,8-12H2. The maximum absolute atomic E-state index is 12.2. The minimum Gasteiger partial charge on any atom is -0.389 e. The smallest absolute Gasteiger partial charge is 0.267 e. The summed E-state index contributed by atoms with van der Waals surface area (Å²) >= 11 is 1.88. The van der Waals surface area contributed by atoms with Crippen LogP contribution in [0.2, 0.25) is 0 Å². The van der Waals surface area contributed by atoms with E-state index in [2.05, 4.69) is 10.00 Å². The SMILES string of the molecule is O=c1cc2c(nn1CC1CN(CC3(O)CCCC3)C1)CCSC2. The highest BCUT2D eigenvalue weighted by Crippen LogP contribution is 2.32. The van der Waals surface area contributed by atoms with Gasteiger partial charge in [-0.2, -0.15) is 16.9 Å². The summed E-state index contributed by atoms with van der Waals surface area (Å²) in [5.74, 6) is 2.52. The van der Waals surface area contributed by atoms with Crippen LogP contribution in [0.3, 0.4) is 0 Å². The van der Waals surface area contributed by atoms with Gasteiger partial charge in [0.05, 0.1) is 17.8 Å². The number of aryl methyl sites for hydroxylation is 1. The lowest BCUT2D eigenvalue weighted by Crippen LogP contribution is -2.54. The number of β-amino-alcohol motifs (C(OH)–C–C–N with tert-alkyl or cyclic N) is 1. The van der Waals surface area contributed by atoms with Gasteiger partial charge in [-0.1, -0.05) is 12.8 Å². The van der Waals surface area contributed by atoms with Gasteiger partial charge in [0.15, 0.2) is 0 Å². The molecule has 0 radical (unpaired) electrons. The number of rotatable bonds is 4. The van der Waals surface area contributed by atoms with Crippen molar-refractivity contribution in [3.63, 3.8) is 0 Å². The van der Waals surface area contributed by atoms with Crippen LogP contribution < -0.4 is 5.56 Å². The lowest BCUT2D eigenvalue weighted by molar-refractivity contribution is -0.0303. The van der Waals surface area contributed by atoms with Crippen LogP contribution in [0.5, 0.6) is 0 Å². The molecule has 0 bridgehead atoms. The van der Waals surface area contributed by atoms with Crippen LogP contribution in [0.4, 0.5) is 0 Å². The first kappa shape index (κ1) is 15.7. The van der Waals surface area contributed by atoms with Crippen molar-refractivity contribution in [3.05, 3.63) is 27.7 Å². The van der Waals surface area contributed by atoms with Crippen molar-refractivity contribution < 1.29 is 5.11 Å². The third-order valence-corrected chi connectivity index (χ3v) is 6.43. The lowest BCUT2D eigenvalue weighted by atomic mass is 9.94. The van der Waals surface area contributed by atoms with E-state index in [1.54, 1.807) is 10.7 Å². The van der Waals surface area contributed by atoms with Crippen molar-refractivity contribution in [1.82, 2.24) is 14.7 Å². The normalized spacial score (nSPS) is 24.4. The van der Waals surface area contributed by atoms with Gasteiger partial charge in [0, 0.05) is 43.8 Å². The van der Waals surface area contributed by atoms with Crippen LogP contribution in [0.25, 0.3) is 0 Å². The van der Waals surface area contributed by atoms with Gasteiger partial charge in [-0.25, -0.2) is 4.68 Å². The molecule has 1 aromatic heterocycles. The van der Waals surface area contributed by atoms with Crippen molar-refractivity contribution in [2.75, 3.05) is 25.4 Å². The second kappa shape index (κ2) is 6.22. The number of thioether (sulfide) groups is 1. The molecular weight excluding hydrogens is 310 g/mol. The lowest BCUT2D eigenvalue weighted by Gasteiger charge is -2.42. The summed E-state index contributed by atoms with van der Waals surface area (Å²) in [5.41, 5.74) is 1.82. The molecule has 0 unspecified atom stereocenters. The molecule has 1 aliphatic carbocycles. The Kier molecular flexibility index (Phi) is 4.24. The zero-order valence-corrected chi connectivity index (χ0v) is 14.4. The first-order chi connectivity index (χ1) is 11.1. The average Bonchev–Trinajstić information content (AvgIpc) is 2.92. The molecule has 1 saturated heterocycles. The molecule has 0 spiro atoms. The van der Waals surface area contributed by atoms with Crippen LogP contribution in [0.15, 0.2) is 10.9 Å². The Hall–Kier alpha value is -0.850. The molecule has 1 N–H and O–H groups in total. The van der Waals surface area contributed by atoms with Crippen LogP contribution in [-0.2, 0) is 18.7 Å². The van der Waals surface area contributed by atoms with Crippen LogP contribution in [0.1, 0.15) is 36.9 Å². The Balaban J connectivity index is 1.34. The molecular formula is C17H25N3O2S. The number of aliphatic hydroxyl groups is 1. The first-order valence-corrected chi connectivity index (χ1v) is 9.89. The van der Waals surface area contributed by atoms with E-state index in [0.29, 0.717) is 12.5 Å². The van der Waals surface area contributed by atoms with Crippen molar-refractivity contribution >= 4 is 11.8 Å². The highest BCUT2D eigenvalue weighted by molar-refractivity contribution is 7.98. The maximum Gasteiger partial charge on any atom is 0.267 e. The molecule has 0 aromatic carbocycles. The molecule has 3 aliphatic rings. The Morgan fingerprint density at radius 3 is 2.91 bits per heavy atom. The third kappa shape index (κ3) is 3.35. The number of nitrogens with zero attached hydrogens (tertiary/aromatic N) is 3. The summed E-state index contributed by atoms with van der Waals surface area (Å²) in [5, 5.41) is 15.1. The van der Waals surface area contributed by atoms with Crippen molar-refractivity contribution in [1.29, 1.82) is 0 Å². The topological polar surface area (TPSA) is 58.4 Å². The van der Waals surface area contributed by atoms with E-state index < -0.39 is 5.60 Å². The molecule has 2 aliphatic heterocycles. The fraction of sp³-hybridized carbons (Fsp3) is 0.765. The second-order valence-corrected chi connectivity index (χ2v) is 8.54. The van der Waals surface area contributed by atoms with Crippen molar-refractivity contribution in [3.8, 4) is 0 Å². The predicted octanol–water partition coefficient (Wildman–Crippen LogP) is 1.27. The second-order valence-electron chi connectivity index (χ2n) is 7.43. The van der Waals surface area contributed by atoms with E-state index in [0.717, 1.165) is 74.5 Å². The quantitative estimate of drug-likeness (QED) is 0.898. The highest BCUT2D eigenvalue weighted by atomic mass is 32.2. The number of aromatic nitrogens is 2. The fourth-order valence-electron chi connectivity index (χ4n) is 4.16. The van der Waals surface area contributed by atoms with Gasteiger partial charge in [0.1, 0.15) is 0 Å². The largest absolute Gasteiger partial charge is 0.389 e. The maximum atomic E-state index is 12.2. The molecule has 5 nitrogen and oxygen atoms in total. The van der Waals surface area contributed by atoms with Gasteiger partial charge in [-0.3, -0.25) is 9.69 Å². The van der Waals surface area contributed by atoms with E-state index in [9.17, 15) is 9.90 Å². The van der Waals surface area contributed by atoms with Gasteiger partial charge in [-0.15, -0.1) is 0 Å². The molecule has 3 heterocycles. The Morgan fingerprint density at radius 1 is 1.35 bits per heavy atom. The zero-order chi connectivity index (χ0) is 15.9. The molecule has 2 fully saturated rings. The summed E-state index contributed by atoms with van der Waals surface area (Å²) in [6.45, 7) is 3.47. The average molecular weight is 335 g/mol. The summed E-state index contributed by atoms with van der Waals surface area (Å²) in [6, 6.07) is 1.78. The molecule has 1 aromatic rings. The molecule has 0 atom stereocenters. The molecule has 1 saturated carbocycles. The van der Waals surface area contributed by atoms with Gasteiger partial charge in [-0.05, 0) is 24.2 Å². The van der Waals surface area contributed by atoms with Gasteiger partial charge in [0.2, 0.25) is 0 Å². The molecule has 6 heteroatoms. The third-order valence-electron chi connectivity index (χ3n) is 5.42. The Labute approximate surface area is 141 Å². The number of fused-ring (bicyclic) bond motifs is 1. The van der Waals surface area contributed by atoms with Crippen LogP contribution >= 0.6 is 11.8 Å². The summed E-state index contributed by atoms with van der Waals surface area (Å²) < 4.78 is 1.67. The number of hydrogen-bond donors (Lipinski definition) is 1. The predicted molar refractivity (Wildman–Crippen MR) is 91.7 cm³/mol. The molecule has 126 valence electrons. The van der Waals surface area contributed by atoms with Crippen LogP contribution in [-0.4, -0.2) is 50.8 Å². The van der Waals surface area contributed by atoms with Crippen molar-refractivity contribution in [2.45, 2.75) is 50.0 Å². The van der Waals surface area contributed by atoms with Crippen molar-refractivity contribution in [2.24, 2.45) is 5.92 Å². The van der Waals surface area contributed by atoms with Crippen LogP contribution in [0, 0.1) is 5.92 Å². The summed E-state index contributed by atoms with van der Waals surface area (Å²) in [6.07, 6.45) is 5.17. The van der Waals surface area contributed by atoms with E-state index in [-0.39, 0.29) is 5.56 Å². The summed E-state index contributed by atoms with van der Waals surface area (Å²) in [4.78, 5) is 14.5. The number of hydrogen-bond acceptors (Lipinski definition) is 5. The highest BCUT2D eigenvalue weighted by Gasteiger charge is 2.37. The monoisotopic (exact) mass is 335 g/mol. The summed E-state index contributed by atoms with van der Waals surface area (Å²) in [7, 11) is 0. The van der Waals surface area contributed by atoms with E-state index in [1.165, 1.54) is 0 Å². The van der Waals surface area contributed by atoms with Gasteiger partial charge >= 0.3 is 0 Å². The molecule has 23 heavy (non-hydrogen) atoms. The minimum atomic E-state index is -0.455. The fourth-order valence-corrected chi connectivity index (χ4v) is 5.11. The zero-order valence-electron chi connectivity index (χ0n) is 13.5. The molecule has 0 amide bonds. The number of likely N-dealkylation sites (tertiary alicyclic amines) is 1. The first-order valence-electron chi connectivity index (χ1n) is 8.74. The minimum absolute atomic E-state index is 0.0409. The van der Waals surface area contributed by atoms with Gasteiger partial charge < -0.3 is 5.11 Å². The molecule has 4 rings (SSSR count). The Morgan fingerprint density at radius 2 is 2.13 bits per heavy atom. The van der Waals surface area contributed by atoms with E-state index in [1.807, 2.05) is 11.8 Å². The van der Waals surface area contributed by atoms with E-state index >= 15 is 0 Å². The van der Waals surface area contributed by atoms with Gasteiger partial charge in [0.25, 0.3) is 5.56 Å².